The second-order valence-corrected chi connectivity index (χ2v) is 6.68. The summed E-state index contributed by atoms with van der Waals surface area (Å²) in [4.78, 5) is 32.6. The fourth-order valence-electron chi connectivity index (χ4n) is 3.19. The van der Waals surface area contributed by atoms with Gasteiger partial charge in [-0.25, -0.2) is 9.79 Å². The lowest BCUT2D eigenvalue weighted by Gasteiger charge is -2.35. The van der Waals surface area contributed by atoms with E-state index in [4.69, 9.17) is 9.15 Å². The molecule has 1 amide bonds. The zero-order valence-electron chi connectivity index (χ0n) is 17.1. The van der Waals surface area contributed by atoms with Gasteiger partial charge in [-0.1, -0.05) is 0 Å². The maximum absolute atomic E-state index is 12.6. The van der Waals surface area contributed by atoms with E-state index in [-0.39, 0.29) is 19.0 Å². The molecule has 0 saturated carbocycles. The first kappa shape index (κ1) is 20.4. The Hall–Kier alpha value is -3.30. The van der Waals surface area contributed by atoms with Gasteiger partial charge in [0.25, 0.3) is 0 Å². The van der Waals surface area contributed by atoms with E-state index in [9.17, 15) is 9.59 Å². The van der Waals surface area contributed by atoms with Crippen molar-refractivity contribution < 1.29 is 18.7 Å². The SMILES string of the molecule is CCNC(=NCc1cc(C(=O)OC)c(C)o1)N1CCN(c2cnn(C)c2)C(=O)C1. The highest BCUT2D eigenvalue weighted by Gasteiger charge is 2.27. The van der Waals surface area contributed by atoms with E-state index in [1.807, 2.05) is 25.1 Å². The number of rotatable bonds is 5. The molecule has 156 valence electrons. The van der Waals surface area contributed by atoms with E-state index < -0.39 is 5.97 Å². The van der Waals surface area contributed by atoms with Gasteiger partial charge < -0.3 is 24.3 Å². The Morgan fingerprint density at radius 3 is 2.83 bits per heavy atom. The minimum absolute atomic E-state index is 0.0170. The van der Waals surface area contributed by atoms with Crippen LogP contribution in [0.2, 0.25) is 0 Å². The van der Waals surface area contributed by atoms with Crippen molar-refractivity contribution >= 4 is 23.5 Å². The molecular formula is C19H26N6O4. The molecule has 0 unspecified atom stereocenters. The van der Waals surface area contributed by atoms with Crippen LogP contribution >= 0.6 is 0 Å². The topological polar surface area (TPSA) is 105 Å². The molecule has 0 spiro atoms. The number of aliphatic imine (C=N–C) groups is 1. The van der Waals surface area contributed by atoms with Crippen molar-refractivity contribution in [3.05, 3.63) is 35.5 Å². The average molecular weight is 402 g/mol. The number of esters is 1. The number of nitrogens with one attached hydrogen (secondary N) is 1. The van der Waals surface area contributed by atoms with Gasteiger partial charge in [0.2, 0.25) is 5.91 Å². The van der Waals surface area contributed by atoms with Gasteiger partial charge in [0.05, 0.1) is 19.0 Å². The highest BCUT2D eigenvalue weighted by Crippen LogP contribution is 2.18. The standard InChI is InChI=1S/C19H26N6O4/c1-5-20-19(21-10-15-8-16(13(2)29-15)18(27)28-4)24-6-7-25(17(26)12-24)14-9-22-23(3)11-14/h8-9,11H,5-7,10,12H2,1-4H3,(H,20,21). The number of hydrogen-bond acceptors (Lipinski definition) is 6. The monoisotopic (exact) mass is 402 g/mol. The van der Waals surface area contributed by atoms with Crippen LogP contribution in [0.15, 0.2) is 27.9 Å². The molecule has 10 heteroatoms. The average Bonchev–Trinajstić information content (AvgIpc) is 3.29. The zero-order valence-corrected chi connectivity index (χ0v) is 17.1. The van der Waals surface area contributed by atoms with Crippen molar-refractivity contribution in [1.82, 2.24) is 20.0 Å². The molecule has 1 fully saturated rings. The maximum Gasteiger partial charge on any atom is 0.341 e. The molecule has 0 atom stereocenters. The molecule has 29 heavy (non-hydrogen) atoms. The van der Waals surface area contributed by atoms with Crippen molar-refractivity contribution in [2.45, 2.75) is 20.4 Å². The molecule has 2 aromatic heterocycles. The Balaban J connectivity index is 1.70. The molecule has 1 aliphatic rings. The molecule has 2 aromatic rings. The van der Waals surface area contributed by atoms with Gasteiger partial charge in [0.1, 0.15) is 30.2 Å². The van der Waals surface area contributed by atoms with E-state index in [1.165, 1.54) is 7.11 Å². The number of methoxy groups -OCH3 is 1. The van der Waals surface area contributed by atoms with Crippen LogP contribution in [0, 0.1) is 6.92 Å². The molecule has 10 nitrogen and oxygen atoms in total. The molecule has 0 aliphatic carbocycles. The minimum atomic E-state index is -0.439. The summed E-state index contributed by atoms with van der Waals surface area (Å²) in [6.07, 6.45) is 3.51. The first-order chi connectivity index (χ1) is 13.9. The number of hydrogen-bond donors (Lipinski definition) is 1. The van der Waals surface area contributed by atoms with Gasteiger partial charge in [-0.05, 0) is 19.9 Å². The number of carbonyl (C=O) groups is 2. The Bertz CT molecular complexity index is 916. The number of guanidine groups is 1. The molecular weight excluding hydrogens is 376 g/mol. The predicted octanol–water partition coefficient (Wildman–Crippen LogP) is 0.922. The molecule has 0 radical (unpaired) electrons. The van der Waals surface area contributed by atoms with Crippen molar-refractivity contribution in [2.75, 3.05) is 38.2 Å². The van der Waals surface area contributed by atoms with Crippen LogP contribution in [0.5, 0.6) is 0 Å². The smallest absolute Gasteiger partial charge is 0.341 e. The number of anilines is 1. The van der Waals surface area contributed by atoms with E-state index in [0.29, 0.717) is 42.7 Å². The Morgan fingerprint density at radius 2 is 2.21 bits per heavy atom. The summed E-state index contributed by atoms with van der Waals surface area (Å²) in [6, 6.07) is 1.64. The molecule has 0 bridgehead atoms. The Morgan fingerprint density at radius 1 is 1.41 bits per heavy atom. The molecule has 1 N–H and O–H groups in total. The first-order valence-electron chi connectivity index (χ1n) is 9.42. The number of aromatic nitrogens is 2. The molecule has 1 aliphatic heterocycles. The number of nitrogens with zero attached hydrogens (tertiary/aromatic N) is 5. The first-order valence-corrected chi connectivity index (χ1v) is 9.42. The number of furan rings is 1. The van der Waals surface area contributed by atoms with Gasteiger partial charge in [-0.15, -0.1) is 0 Å². The summed E-state index contributed by atoms with van der Waals surface area (Å²) < 4.78 is 12.0. The van der Waals surface area contributed by atoms with Gasteiger partial charge in [0, 0.05) is 32.9 Å². The zero-order chi connectivity index (χ0) is 21.0. The molecule has 0 aromatic carbocycles. The summed E-state index contributed by atoms with van der Waals surface area (Å²) in [5.41, 5.74) is 1.18. The highest BCUT2D eigenvalue weighted by atomic mass is 16.5. The quantitative estimate of drug-likeness (QED) is 0.450. The Kier molecular flexibility index (Phi) is 6.20. The number of aryl methyl sites for hydroxylation is 2. The summed E-state index contributed by atoms with van der Waals surface area (Å²) in [5.74, 6) is 1.22. The minimum Gasteiger partial charge on any atom is -0.465 e. The third-order valence-electron chi connectivity index (χ3n) is 4.62. The fraction of sp³-hybridized carbons (Fsp3) is 0.474. The molecule has 1 saturated heterocycles. The molecule has 3 heterocycles. The van der Waals surface area contributed by atoms with Crippen molar-refractivity contribution in [1.29, 1.82) is 0 Å². The third-order valence-corrected chi connectivity index (χ3v) is 4.62. The van der Waals surface area contributed by atoms with E-state index >= 15 is 0 Å². The van der Waals surface area contributed by atoms with Gasteiger partial charge in [-0.3, -0.25) is 9.48 Å². The van der Waals surface area contributed by atoms with Crippen LogP contribution < -0.4 is 10.2 Å². The van der Waals surface area contributed by atoms with Crippen molar-refractivity contribution in [2.24, 2.45) is 12.0 Å². The van der Waals surface area contributed by atoms with Crippen molar-refractivity contribution in [3.8, 4) is 0 Å². The predicted molar refractivity (Wildman–Crippen MR) is 107 cm³/mol. The van der Waals surface area contributed by atoms with E-state index in [1.54, 1.807) is 28.8 Å². The Labute approximate surface area is 169 Å². The van der Waals surface area contributed by atoms with Gasteiger partial charge >= 0.3 is 5.97 Å². The summed E-state index contributed by atoms with van der Waals surface area (Å²) in [7, 11) is 3.15. The maximum atomic E-state index is 12.6. The van der Waals surface area contributed by atoms with E-state index in [2.05, 4.69) is 15.4 Å². The lowest BCUT2D eigenvalue weighted by Crippen LogP contribution is -2.55. The number of amides is 1. The summed E-state index contributed by atoms with van der Waals surface area (Å²) in [5, 5.41) is 7.34. The highest BCUT2D eigenvalue weighted by molar-refractivity contribution is 5.98. The van der Waals surface area contributed by atoms with Crippen LogP contribution in [0.1, 0.15) is 28.8 Å². The molecule has 3 rings (SSSR count). The van der Waals surface area contributed by atoms with Crippen LogP contribution in [-0.4, -0.2) is 65.8 Å². The summed E-state index contributed by atoms with van der Waals surface area (Å²) in [6.45, 7) is 5.98. The number of carbonyl (C=O) groups excluding carboxylic acids is 2. The number of piperazine rings is 1. The van der Waals surface area contributed by atoms with Crippen LogP contribution in [0.25, 0.3) is 0 Å². The number of ether oxygens (including phenoxy) is 1. The van der Waals surface area contributed by atoms with Crippen LogP contribution in [-0.2, 0) is 23.1 Å². The van der Waals surface area contributed by atoms with Crippen LogP contribution in [0.4, 0.5) is 5.69 Å². The second kappa shape index (κ2) is 8.80. The van der Waals surface area contributed by atoms with Gasteiger partial charge in [-0.2, -0.15) is 5.10 Å². The lowest BCUT2D eigenvalue weighted by atomic mass is 10.2. The summed E-state index contributed by atoms with van der Waals surface area (Å²) >= 11 is 0. The third kappa shape index (κ3) is 4.58. The lowest BCUT2D eigenvalue weighted by molar-refractivity contribution is -0.120. The largest absolute Gasteiger partial charge is 0.465 e. The van der Waals surface area contributed by atoms with Gasteiger partial charge in [0.15, 0.2) is 5.96 Å². The van der Waals surface area contributed by atoms with E-state index in [0.717, 1.165) is 5.69 Å². The normalized spacial score (nSPS) is 15.0. The fourth-order valence-corrected chi connectivity index (χ4v) is 3.19. The van der Waals surface area contributed by atoms with Crippen molar-refractivity contribution in [3.63, 3.8) is 0 Å². The second-order valence-electron chi connectivity index (χ2n) is 6.68. The van der Waals surface area contributed by atoms with Crippen LogP contribution in [0.3, 0.4) is 0 Å².